The van der Waals surface area contributed by atoms with Gasteiger partial charge in [-0.05, 0) is 57.2 Å². The molecule has 0 saturated carbocycles. The van der Waals surface area contributed by atoms with Crippen molar-refractivity contribution < 1.29 is 17.7 Å². The Kier molecular flexibility index (Phi) is 6.76. The molecule has 7 nitrogen and oxygen atoms in total. The summed E-state index contributed by atoms with van der Waals surface area (Å²) < 4.78 is 31.7. The lowest BCUT2D eigenvalue weighted by atomic mass is 10.1. The van der Waals surface area contributed by atoms with Crippen LogP contribution in [0.1, 0.15) is 30.0 Å². The number of benzene rings is 2. The van der Waals surface area contributed by atoms with E-state index in [1.807, 2.05) is 0 Å². The van der Waals surface area contributed by atoms with Crippen LogP contribution < -0.4 is 5.32 Å². The van der Waals surface area contributed by atoms with Crippen molar-refractivity contribution in [3.8, 4) is 11.3 Å². The molecule has 0 unspecified atom stereocenters. The molecule has 0 spiro atoms. The monoisotopic (exact) mass is 481 g/mol. The molecule has 0 fully saturated rings. The molecule has 0 aliphatic heterocycles. The number of hydrogen-bond donors (Lipinski definition) is 1. The van der Waals surface area contributed by atoms with Crippen molar-refractivity contribution in [2.45, 2.75) is 31.7 Å². The van der Waals surface area contributed by atoms with Crippen molar-refractivity contribution in [2.24, 2.45) is 0 Å². The normalized spacial score (nSPS) is 11.9. The zero-order valence-electron chi connectivity index (χ0n) is 17.3. The Morgan fingerprint density at radius 1 is 1.10 bits per heavy atom. The Balaban J connectivity index is 1.90. The van der Waals surface area contributed by atoms with Gasteiger partial charge in [0.15, 0.2) is 0 Å². The fourth-order valence-corrected chi connectivity index (χ4v) is 4.83. The van der Waals surface area contributed by atoms with Crippen molar-refractivity contribution in [1.82, 2.24) is 9.46 Å². The number of nitrogens with one attached hydrogen (secondary N) is 1. The van der Waals surface area contributed by atoms with Gasteiger partial charge >= 0.3 is 0 Å². The lowest BCUT2D eigenvalue weighted by Crippen LogP contribution is -2.33. The third kappa shape index (κ3) is 4.62. The van der Waals surface area contributed by atoms with Crippen LogP contribution in [-0.2, 0) is 10.0 Å². The first-order valence-electron chi connectivity index (χ1n) is 9.34. The second kappa shape index (κ2) is 9.00. The second-order valence-electron chi connectivity index (χ2n) is 7.15. The maximum Gasteiger partial charge on any atom is 0.261 e. The van der Waals surface area contributed by atoms with Gasteiger partial charge in [-0.3, -0.25) is 4.79 Å². The van der Waals surface area contributed by atoms with E-state index >= 15 is 0 Å². The smallest absolute Gasteiger partial charge is 0.261 e. The van der Waals surface area contributed by atoms with Gasteiger partial charge in [0.05, 0.1) is 14.9 Å². The average molecular weight is 482 g/mol. The topological polar surface area (TPSA) is 92.5 Å². The van der Waals surface area contributed by atoms with Gasteiger partial charge in [0, 0.05) is 24.3 Å². The number of rotatable bonds is 6. The molecule has 0 bridgehead atoms. The van der Waals surface area contributed by atoms with Crippen molar-refractivity contribution in [1.29, 1.82) is 0 Å². The molecule has 1 heterocycles. The third-order valence-electron chi connectivity index (χ3n) is 4.81. The first-order valence-corrected chi connectivity index (χ1v) is 11.5. The zero-order valence-corrected chi connectivity index (χ0v) is 19.6. The Morgan fingerprint density at radius 3 is 2.23 bits per heavy atom. The van der Waals surface area contributed by atoms with Gasteiger partial charge in [0.25, 0.3) is 5.91 Å². The molecular formula is C21H21Cl2N3O4S. The molecule has 3 rings (SSSR count). The molecule has 0 aliphatic rings. The molecule has 3 aromatic rings. The van der Waals surface area contributed by atoms with Gasteiger partial charge in [-0.2, -0.15) is 4.31 Å². The van der Waals surface area contributed by atoms with Crippen LogP contribution in [0.4, 0.5) is 5.69 Å². The van der Waals surface area contributed by atoms with Crippen LogP contribution in [0.5, 0.6) is 0 Å². The summed E-state index contributed by atoms with van der Waals surface area (Å²) in [5, 5.41) is 7.36. The molecule has 0 atom stereocenters. The maximum absolute atomic E-state index is 13.0. The highest BCUT2D eigenvalue weighted by Crippen LogP contribution is 2.37. The number of carbonyl (C=O) groups excluding carboxylic acids is 1. The first kappa shape index (κ1) is 23.3. The molecule has 0 aliphatic carbocycles. The lowest BCUT2D eigenvalue weighted by Gasteiger charge is -2.21. The SMILES string of the molecule is Cc1onc(-c2c(Cl)cccc2Cl)c1C(=O)Nc1ccc(S(=O)(=O)N(C)C(C)C)cc1. The maximum atomic E-state index is 13.0. The lowest BCUT2D eigenvalue weighted by molar-refractivity contribution is 0.102. The molecule has 1 aromatic heterocycles. The number of halogens is 2. The summed E-state index contributed by atoms with van der Waals surface area (Å²) >= 11 is 12.5. The fourth-order valence-electron chi connectivity index (χ4n) is 2.88. The van der Waals surface area contributed by atoms with E-state index in [2.05, 4.69) is 10.5 Å². The minimum Gasteiger partial charge on any atom is -0.360 e. The Hall–Kier alpha value is -2.39. The molecule has 2 aromatic carbocycles. The van der Waals surface area contributed by atoms with E-state index in [9.17, 15) is 13.2 Å². The number of sulfonamides is 1. The van der Waals surface area contributed by atoms with E-state index in [-0.39, 0.29) is 22.2 Å². The zero-order chi connectivity index (χ0) is 22.9. The van der Waals surface area contributed by atoms with Crippen LogP contribution in [0.25, 0.3) is 11.3 Å². The molecule has 10 heteroatoms. The number of amides is 1. The number of hydrogen-bond acceptors (Lipinski definition) is 5. The Labute approximate surface area is 191 Å². The van der Waals surface area contributed by atoms with E-state index in [4.69, 9.17) is 27.7 Å². The third-order valence-corrected chi connectivity index (χ3v) is 7.48. The van der Waals surface area contributed by atoms with Crippen molar-refractivity contribution >= 4 is 44.8 Å². The average Bonchev–Trinajstić information content (AvgIpc) is 3.08. The highest BCUT2D eigenvalue weighted by Gasteiger charge is 2.26. The van der Waals surface area contributed by atoms with Crippen LogP contribution in [-0.4, -0.2) is 36.9 Å². The van der Waals surface area contributed by atoms with Crippen molar-refractivity contribution in [3.63, 3.8) is 0 Å². The van der Waals surface area contributed by atoms with E-state index in [0.717, 1.165) is 0 Å². The summed E-state index contributed by atoms with van der Waals surface area (Å²) in [6.45, 7) is 5.18. The molecular weight excluding hydrogens is 461 g/mol. The molecule has 31 heavy (non-hydrogen) atoms. The van der Waals surface area contributed by atoms with Gasteiger partial charge < -0.3 is 9.84 Å². The summed E-state index contributed by atoms with van der Waals surface area (Å²) in [5.74, 6) is -0.194. The van der Waals surface area contributed by atoms with Crippen LogP contribution in [0, 0.1) is 6.92 Å². The first-order chi connectivity index (χ1) is 14.5. The summed E-state index contributed by atoms with van der Waals surface area (Å²) in [6, 6.07) is 10.7. The highest BCUT2D eigenvalue weighted by atomic mass is 35.5. The largest absolute Gasteiger partial charge is 0.360 e. The quantitative estimate of drug-likeness (QED) is 0.519. The van der Waals surface area contributed by atoms with Gasteiger partial charge in [-0.1, -0.05) is 34.4 Å². The fraction of sp³-hybridized carbons (Fsp3) is 0.238. The number of aryl methyl sites for hydroxylation is 1. The molecule has 164 valence electrons. The van der Waals surface area contributed by atoms with Crippen molar-refractivity contribution in [3.05, 3.63) is 63.8 Å². The van der Waals surface area contributed by atoms with Gasteiger partial charge in [-0.15, -0.1) is 0 Å². The molecule has 0 saturated heterocycles. The van der Waals surface area contributed by atoms with E-state index < -0.39 is 15.9 Å². The Bertz CT molecular complexity index is 1200. The second-order valence-corrected chi connectivity index (χ2v) is 9.96. The van der Waals surface area contributed by atoms with Crippen LogP contribution in [0.15, 0.2) is 51.9 Å². The van der Waals surface area contributed by atoms with Crippen LogP contribution >= 0.6 is 23.2 Å². The van der Waals surface area contributed by atoms with E-state index in [1.54, 1.807) is 39.0 Å². The predicted molar refractivity (Wildman–Crippen MR) is 121 cm³/mol. The number of nitrogens with zero attached hydrogens (tertiary/aromatic N) is 2. The predicted octanol–water partition coefficient (Wildman–Crippen LogP) is 5.24. The summed E-state index contributed by atoms with van der Waals surface area (Å²) in [5.41, 5.74) is 1.22. The summed E-state index contributed by atoms with van der Waals surface area (Å²) in [6.07, 6.45) is 0. The van der Waals surface area contributed by atoms with E-state index in [0.29, 0.717) is 27.1 Å². The summed E-state index contributed by atoms with van der Waals surface area (Å²) in [7, 11) is -2.10. The van der Waals surface area contributed by atoms with Crippen LogP contribution in [0.2, 0.25) is 10.0 Å². The van der Waals surface area contributed by atoms with Gasteiger partial charge in [-0.25, -0.2) is 8.42 Å². The minimum absolute atomic E-state index is 0.131. The molecule has 1 amide bonds. The highest BCUT2D eigenvalue weighted by molar-refractivity contribution is 7.89. The molecule has 0 radical (unpaired) electrons. The van der Waals surface area contributed by atoms with Gasteiger partial charge in [0.2, 0.25) is 10.0 Å². The van der Waals surface area contributed by atoms with E-state index in [1.165, 1.54) is 35.6 Å². The molecule has 1 N–H and O–H groups in total. The number of aromatic nitrogens is 1. The van der Waals surface area contributed by atoms with Gasteiger partial charge in [0.1, 0.15) is 17.0 Å². The minimum atomic E-state index is -3.62. The Morgan fingerprint density at radius 2 is 1.68 bits per heavy atom. The number of carbonyl (C=O) groups is 1. The van der Waals surface area contributed by atoms with Crippen molar-refractivity contribution in [2.75, 3.05) is 12.4 Å². The number of anilines is 1. The standard InChI is InChI=1S/C21H21Cl2N3O4S/c1-12(2)26(4)31(28,29)15-10-8-14(9-11-15)24-21(27)18-13(3)30-25-20(18)19-16(22)6-5-7-17(19)23/h5-12H,1-4H3,(H,24,27). The summed E-state index contributed by atoms with van der Waals surface area (Å²) in [4.78, 5) is 13.1. The van der Waals surface area contributed by atoms with Crippen LogP contribution in [0.3, 0.4) is 0 Å².